The summed E-state index contributed by atoms with van der Waals surface area (Å²) in [5.41, 5.74) is 3.20. The SMILES string of the molecule is Cc1[nH]c(=O)c(C#N)c(C)c1CCC(=O)NCCCn1ccc2ccccc21. The zero-order valence-corrected chi connectivity index (χ0v) is 16.2. The monoisotopic (exact) mass is 376 g/mol. The number of benzene rings is 1. The molecule has 144 valence electrons. The van der Waals surface area contributed by atoms with E-state index in [2.05, 4.69) is 39.3 Å². The molecule has 0 saturated heterocycles. The fourth-order valence-corrected chi connectivity index (χ4v) is 3.56. The molecule has 0 fully saturated rings. The molecule has 1 aromatic carbocycles. The van der Waals surface area contributed by atoms with Crippen LogP contribution in [0, 0.1) is 25.2 Å². The predicted octanol–water partition coefficient (Wildman–Crippen LogP) is 2.96. The fourth-order valence-electron chi connectivity index (χ4n) is 3.56. The van der Waals surface area contributed by atoms with Crippen LogP contribution in [-0.2, 0) is 17.8 Å². The number of amides is 1. The number of H-pyrrole nitrogens is 1. The maximum atomic E-state index is 12.2. The molecule has 0 saturated carbocycles. The second-order valence-electron chi connectivity index (χ2n) is 6.94. The smallest absolute Gasteiger partial charge is 0.266 e. The molecule has 2 heterocycles. The van der Waals surface area contributed by atoms with Crippen LogP contribution in [0.4, 0.5) is 0 Å². The quantitative estimate of drug-likeness (QED) is 0.621. The second kappa shape index (κ2) is 8.57. The van der Waals surface area contributed by atoms with E-state index in [9.17, 15) is 9.59 Å². The molecule has 0 aliphatic carbocycles. The van der Waals surface area contributed by atoms with Gasteiger partial charge in [0.15, 0.2) is 0 Å². The fraction of sp³-hybridized carbons (Fsp3) is 0.318. The Balaban J connectivity index is 1.49. The number of fused-ring (bicyclic) bond motifs is 1. The number of rotatable bonds is 7. The van der Waals surface area contributed by atoms with E-state index in [1.807, 2.05) is 18.2 Å². The minimum atomic E-state index is -0.372. The second-order valence-corrected chi connectivity index (χ2v) is 6.94. The van der Waals surface area contributed by atoms with E-state index in [1.165, 1.54) is 10.9 Å². The van der Waals surface area contributed by atoms with Crippen LogP contribution in [0.1, 0.15) is 35.2 Å². The van der Waals surface area contributed by atoms with Crippen molar-refractivity contribution in [3.05, 3.63) is 69.3 Å². The first kappa shape index (κ1) is 19.4. The molecule has 0 atom stereocenters. The minimum Gasteiger partial charge on any atom is -0.356 e. The van der Waals surface area contributed by atoms with Crippen LogP contribution in [0.5, 0.6) is 0 Å². The van der Waals surface area contributed by atoms with Crippen molar-refractivity contribution in [1.82, 2.24) is 14.9 Å². The maximum Gasteiger partial charge on any atom is 0.266 e. The standard InChI is InChI=1S/C22H24N4O2/c1-15-18(16(2)25-22(28)19(15)14-23)8-9-21(27)24-11-5-12-26-13-10-17-6-3-4-7-20(17)26/h3-4,6-7,10,13H,5,8-9,11-12H2,1-2H3,(H,24,27)(H,25,28). The summed E-state index contributed by atoms with van der Waals surface area (Å²) in [4.78, 5) is 26.6. The number of aryl methyl sites for hydroxylation is 2. The highest BCUT2D eigenvalue weighted by Crippen LogP contribution is 2.16. The number of aromatic nitrogens is 2. The number of carbonyl (C=O) groups is 1. The van der Waals surface area contributed by atoms with Crippen molar-refractivity contribution in [2.24, 2.45) is 0 Å². The first-order chi connectivity index (χ1) is 13.5. The van der Waals surface area contributed by atoms with E-state index >= 15 is 0 Å². The van der Waals surface area contributed by atoms with E-state index in [0.29, 0.717) is 30.6 Å². The van der Waals surface area contributed by atoms with Crippen molar-refractivity contribution in [2.45, 2.75) is 39.7 Å². The maximum absolute atomic E-state index is 12.2. The average Bonchev–Trinajstić information content (AvgIpc) is 3.08. The Bertz CT molecular complexity index is 1100. The Hall–Kier alpha value is -3.33. The van der Waals surface area contributed by atoms with E-state index in [0.717, 1.165) is 18.5 Å². The molecule has 1 amide bonds. The first-order valence-corrected chi connectivity index (χ1v) is 9.44. The molecule has 0 aliphatic heterocycles. The topological polar surface area (TPSA) is 90.7 Å². The van der Waals surface area contributed by atoms with E-state index in [1.54, 1.807) is 13.8 Å². The molecule has 0 aliphatic rings. The van der Waals surface area contributed by atoms with E-state index < -0.39 is 0 Å². The van der Waals surface area contributed by atoms with Crippen LogP contribution in [0.2, 0.25) is 0 Å². The summed E-state index contributed by atoms with van der Waals surface area (Å²) in [6, 6.07) is 12.3. The number of aromatic amines is 1. The van der Waals surface area contributed by atoms with Crippen molar-refractivity contribution < 1.29 is 4.79 Å². The molecule has 0 bridgehead atoms. The molecule has 0 spiro atoms. The van der Waals surface area contributed by atoms with Gasteiger partial charge in [-0.2, -0.15) is 5.26 Å². The highest BCUT2D eigenvalue weighted by atomic mass is 16.1. The summed E-state index contributed by atoms with van der Waals surface area (Å²) < 4.78 is 2.19. The zero-order valence-electron chi connectivity index (χ0n) is 16.2. The Morgan fingerprint density at radius 2 is 2.04 bits per heavy atom. The number of hydrogen-bond acceptors (Lipinski definition) is 3. The van der Waals surface area contributed by atoms with Gasteiger partial charge >= 0.3 is 0 Å². The first-order valence-electron chi connectivity index (χ1n) is 9.44. The number of nitrogens with zero attached hydrogens (tertiary/aromatic N) is 2. The molecule has 0 radical (unpaired) electrons. The summed E-state index contributed by atoms with van der Waals surface area (Å²) in [6.45, 7) is 5.01. The molecule has 2 N–H and O–H groups in total. The lowest BCUT2D eigenvalue weighted by atomic mass is 9.99. The summed E-state index contributed by atoms with van der Waals surface area (Å²) in [7, 11) is 0. The Labute approximate surface area is 163 Å². The van der Waals surface area contributed by atoms with Crippen LogP contribution >= 0.6 is 0 Å². The number of carbonyl (C=O) groups excluding carboxylic acids is 1. The lowest BCUT2D eigenvalue weighted by Gasteiger charge is -2.11. The molecular formula is C22H24N4O2. The van der Waals surface area contributed by atoms with Crippen LogP contribution in [-0.4, -0.2) is 22.0 Å². The third-order valence-electron chi connectivity index (χ3n) is 5.10. The van der Waals surface area contributed by atoms with Gasteiger partial charge in [0.05, 0.1) is 0 Å². The van der Waals surface area contributed by atoms with Gasteiger partial charge in [-0.3, -0.25) is 9.59 Å². The Kier molecular flexibility index (Phi) is 5.95. The largest absolute Gasteiger partial charge is 0.356 e. The van der Waals surface area contributed by atoms with Gasteiger partial charge in [-0.25, -0.2) is 0 Å². The summed E-state index contributed by atoms with van der Waals surface area (Å²) in [5, 5.41) is 13.3. The lowest BCUT2D eigenvalue weighted by molar-refractivity contribution is -0.121. The number of hydrogen-bond donors (Lipinski definition) is 2. The molecule has 6 heteroatoms. The number of pyridine rings is 1. The average molecular weight is 376 g/mol. The van der Waals surface area contributed by atoms with Crippen molar-refractivity contribution in [3.8, 4) is 6.07 Å². The van der Waals surface area contributed by atoms with Gasteiger partial charge in [-0.15, -0.1) is 0 Å². The normalized spacial score (nSPS) is 10.8. The van der Waals surface area contributed by atoms with Crippen LogP contribution < -0.4 is 10.9 Å². The third kappa shape index (κ3) is 4.15. The highest BCUT2D eigenvalue weighted by molar-refractivity contribution is 5.80. The summed E-state index contributed by atoms with van der Waals surface area (Å²) in [5.74, 6) is -0.0270. The van der Waals surface area contributed by atoms with Crippen molar-refractivity contribution in [1.29, 1.82) is 5.26 Å². The van der Waals surface area contributed by atoms with Gasteiger partial charge < -0.3 is 14.9 Å². The molecular weight excluding hydrogens is 352 g/mol. The Morgan fingerprint density at radius 1 is 1.25 bits per heavy atom. The summed E-state index contributed by atoms with van der Waals surface area (Å²) >= 11 is 0. The van der Waals surface area contributed by atoms with Crippen LogP contribution in [0.3, 0.4) is 0 Å². The molecule has 2 aromatic heterocycles. The molecule has 6 nitrogen and oxygen atoms in total. The van der Waals surface area contributed by atoms with E-state index in [4.69, 9.17) is 5.26 Å². The van der Waals surface area contributed by atoms with E-state index in [-0.39, 0.29) is 17.0 Å². The van der Waals surface area contributed by atoms with Gasteiger partial charge in [0.2, 0.25) is 5.91 Å². The molecule has 3 aromatic rings. The highest BCUT2D eigenvalue weighted by Gasteiger charge is 2.13. The lowest BCUT2D eigenvalue weighted by Crippen LogP contribution is -2.26. The van der Waals surface area contributed by atoms with Gasteiger partial charge in [-0.05, 0) is 55.3 Å². The van der Waals surface area contributed by atoms with Gasteiger partial charge in [0.1, 0.15) is 11.6 Å². The van der Waals surface area contributed by atoms with Gasteiger partial charge in [0, 0.05) is 36.9 Å². The van der Waals surface area contributed by atoms with Gasteiger partial charge in [-0.1, -0.05) is 18.2 Å². The number of para-hydroxylation sites is 1. The summed E-state index contributed by atoms with van der Waals surface area (Å²) in [6.07, 6.45) is 3.74. The predicted molar refractivity (Wildman–Crippen MR) is 109 cm³/mol. The molecule has 28 heavy (non-hydrogen) atoms. The van der Waals surface area contributed by atoms with Crippen molar-refractivity contribution in [3.63, 3.8) is 0 Å². The minimum absolute atomic E-state index is 0.0270. The zero-order chi connectivity index (χ0) is 20.1. The molecule has 0 unspecified atom stereocenters. The third-order valence-corrected chi connectivity index (χ3v) is 5.10. The number of nitrogens with one attached hydrogen (secondary N) is 2. The molecule has 3 rings (SSSR count). The van der Waals surface area contributed by atoms with Gasteiger partial charge in [0.25, 0.3) is 5.56 Å². The van der Waals surface area contributed by atoms with Crippen molar-refractivity contribution >= 4 is 16.8 Å². The van der Waals surface area contributed by atoms with Crippen LogP contribution in [0.15, 0.2) is 41.3 Å². The van der Waals surface area contributed by atoms with Crippen LogP contribution in [0.25, 0.3) is 10.9 Å². The van der Waals surface area contributed by atoms with Crippen molar-refractivity contribution in [2.75, 3.05) is 6.54 Å². The number of nitriles is 1. The Morgan fingerprint density at radius 3 is 2.82 bits per heavy atom.